The Balaban J connectivity index is 1.58. The molecule has 10 heteroatoms. The second-order valence-corrected chi connectivity index (χ2v) is 7.71. The zero-order chi connectivity index (χ0) is 22.9. The molecule has 0 fully saturated rings. The molecule has 0 saturated heterocycles. The summed E-state index contributed by atoms with van der Waals surface area (Å²) >= 11 is 6.33. The molecule has 0 aliphatic carbocycles. The number of nitrogens with one attached hydrogen (secondary N) is 1. The quantitative estimate of drug-likeness (QED) is 0.369. The summed E-state index contributed by atoms with van der Waals surface area (Å²) in [6.07, 6.45) is -1.11. The Morgan fingerprint density at radius 3 is 2.69 bits per heavy atom. The number of rotatable bonds is 6. The summed E-state index contributed by atoms with van der Waals surface area (Å²) < 4.78 is 46.3. The molecule has 4 aromatic rings. The summed E-state index contributed by atoms with van der Waals surface area (Å²) in [4.78, 5) is 8.61. The molecule has 2 aromatic heterocycles. The predicted molar refractivity (Wildman–Crippen MR) is 117 cm³/mol. The van der Waals surface area contributed by atoms with Gasteiger partial charge in [-0.25, -0.2) is 9.97 Å². The van der Waals surface area contributed by atoms with Gasteiger partial charge < -0.3 is 20.4 Å². The van der Waals surface area contributed by atoms with E-state index in [0.717, 1.165) is 23.2 Å². The van der Waals surface area contributed by atoms with Crippen LogP contribution in [-0.4, -0.2) is 20.6 Å². The van der Waals surface area contributed by atoms with E-state index >= 15 is 0 Å². The Morgan fingerprint density at radius 2 is 1.97 bits per heavy atom. The van der Waals surface area contributed by atoms with Gasteiger partial charge in [-0.2, -0.15) is 13.2 Å². The molecule has 2 heterocycles. The van der Waals surface area contributed by atoms with Crippen molar-refractivity contribution in [1.29, 1.82) is 0 Å². The minimum Gasteiger partial charge on any atom is -0.456 e. The molecule has 1 atom stereocenters. The van der Waals surface area contributed by atoms with Crippen molar-refractivity contribution in [3.05, 3.63) is 71.6 Å². The van der Waals surface area contributed by atoms with E-state index in [1.807, 2.05) is 23.8 Å². The second kappa shape index (κ2) is 8.68. The minimum atomic E-state index is -4.46. The molecule has 0 bridgehead atoms. The minimum absolute atomic E-state index is 0.0358. The fourth-order valence-corrected chi connectivity index (χ4v) is 3.47. The third kappa shape index (κ3) is 4.79. The third-order valence-electron chi connectivity index (χ3n) is 4.62. The SMILES string of the molecule is CC(N)Cn1ccc2ncnc(Nc3ccc(Oc4cccc(C(F)(F)F)c4)c(Cl)c3)c21. The van der Waals surface area contributed by atoms with Crippen LogP contribution in [0.25, 0.3) is 11.0 Å². The van der Waals surface area contributed by atoms with Gasteiger partial charge in [0.05, 0.1) is 16.1 Å². The third-order valence-corrected chi connectivity index (χ3v) is 4.91. The van der Waals surface area contributed by atoms with Crippen molar-refractivity contribution < 1.29 is 17.9 Å². The lowest BCUT2D eigenvalue weighted by molar-refractivity contribution is -0.137. The van der Waals surface area contributed by atoms with E-state index in [4.69, 9.17) is 22.1 Å². The van der Waals surface area contributed by atoms with Gasteiger partial charge in [-0.05, 0) is 49.4 Å². The fourth-order valence-electron chi connectivity index (χ4n) is 3.25. The number of anilines is 2. The van der Waals surface area contributed by atoms with Crippen molar-refractivity contribution in [2.45, 2.75) is 25.7 Å². The lowest BCUT2D eigenvalue weighted by Gasteiger charge is -2.14. The van der Waals surface area contributed by atoms with Crippen LogP contribution in [-0.2, 0) is 12.7 Å². The molecular weight excluding hydrogens is 443 g/mol. The van der Waals surface area contributed by atoms with Crippen LogP contribution >= 0.6 is 11.6 Å². The van der Waals surface area contributed by atoms with Gasteiger partial charge in [-0.1, -0.05) is 17.7 Å². The van der Waals surface area contributed by atoms with E-state index in [1.54, 1.807) is 18.2 Å². The molecule has 2 aromatic carbocycles. The average molecular weight is 462 g/mol. The molecular formula is C22H19ClF3N5O. The zero-order valence-corrected chi connectivity index (χ0v) is 17.7. The van der Waals surface area contributed by atoms with Crippen LogP contribution in [0.15, 0.2) is 61.1 Å². The van der Waals surface area contributed by atoms with Crippen LogP contribution in [0.1, 0.15) is 12.5 Å². The van der Waals surface area contributed by atoms with Gasteiger partial charge in [0.15, 0.2) is 5.82 Å². The number of aromatic nitrogens is 3. The Morgan fingerprint density at radius 1 is 1.16 bits per heavy atom. The van der Waals surface area contributed by atoms with E-state index in [0.29, 0.717) is 18.1 Å². The van der Waals surface area contributed by atoms with Gasteiger partial charge in [0, 0.05) is 24.5 Å². The van der Waals surface area contributed by atoms with Crippen molar-refractivity contribution in [2.24, 2.45) is 5.73 Å². The van der Waals surface area contributed by atoms with Gasteiger partial charge in [-0.15, -0.1) is 0 Å². The average Bonchev–Trinajstić information content (AvgIpc) is 3.13. The van der Waals surface area contributed by atoms with E-state index < -0.39 is 11.7 Å². The molecule has 166 valence electrons. The van der Waals surface area contributed by atoms with Crippen molar-refractivity contribution >= 4 is 34.1 Å². The molecule has 0 radical (unpaired) electrons. The van der Waals surface area contributed by atoms with Crippen LogP contribution in [0.4, 0.5) is 24.7 Å². The van der Waals surface area contributed by atoms with Gasteiger partial charge in [0.1, 0.15) is 23.3 Å². The largest absolute Gasteiger partial charge is 0.456 e. The highest BCUT2D eigenvalue weighted by molar-refractivity contribution is 6.32. The molecule has 0 amide bonds. The van der Waals surface area contributed by atoms with Gasteiger partial charge >= 0.3 is 6.18 Å². The molecule has 0 spiro atoms. The van der Waals surface area contributed by atoms with Gasteiger partial charge in [0.2, 0.25) is 0 Å². The standard InChI is InChI=1S/C22H19ClF3N5O/c1-13(27)11-31-8-7-18-20(31)21(29-12-28-18)30-15-5-6-19(17(23)10-15)32-16-4-2-3-14(9-16)22(24,25)26/h2-10,12-13H,11,27H2,1H3,(H,28,29,30). The first-order chi connectivity index (χ1) is 15.2. The number of benzene rings is 2. The topological polar surface area (TPSA) is 78.0 Å². The first kappa shape index (κ1) is 21.9. The summed E-state index contributed by atoms with van der Waals surface area (Å²) in [6.45, 7) is 2.50. The molecule has 0 aliphatic rings. The van der Waals surface area contributed by atoms with Crippen LogP contribution < -0.4 is 15.8 Å². The van der Waals surface area contributed by atoms with Gasteiger partial charge in [0.25, 0.3) is 0 Å². The van der Waals surface area contributed by atoms with Crippen molar-refractivity contribution in [1.82, 2.24) is 14.5 Å². The van der Waals surface area contributed by atoms with E-state index in [-0.39, 0.29) is 22.6 Å². The smallest absolute Gasteiger partial charge is 0.416 e. The van der Waals surface area contributed by atoms with Crippen LogP contribution in [0, 0.1) is 0 Å². The maximum atomic E-state index is 12.9. The summed E-state index contributed by atoms with van der Waals surface area (Å²) in [5.41, 5.74) is 7.32. The van der Waals surface area contributed by atoms with Crippen LogP contribution in [0.3, 0.4) is 0 Å². The Bertz CT molecular complexity index is 1260. The Hall–Kier alpha value is -3.30. The summed E-state index contributed by atoms with van der Waals surface area (Å²) in [5, 5.41) is 3.43. The van der Waals surface area contributed by atoms with E-state index in [9.17, 15) is 13.2 Å². The number of nitrogens with two attached hydrogens (primary N) is 1. The molecule has 4 rings (SSSR count). The monoisotopic (exact) mass is 461 g/mol. The molecule has 0 saturated carbocycles. The van der Waals surface area contributed by atoms with Crippen LogP contribution in [0.2, 0.25) is 5.02 Å². The number of halogens is 4. The van der Waals surface area contributed by atoms with Crippen LogP contribution in [0.5, 0.6) is 11.5 Å². The number of nitrogens with zero attached hydrogens (tertiary/aromatic N) is 3. The molecule has 3 N–H and O–H groups in total. The number of alkyl halides is 3. The first-order valence-electron chi connectivity index (χ1n) is 9.68. The number of hydrogen-bond donors (Lipinski definition) is 2. The first-order valence-corrected chi connectivity index (χ1v) is 10.1. The molecule has 6 nitrogen and oxygen atoms in total. The summed E-state index contributed by atoms with van der Waals surface area (Å²) in [7, 11) is 0. The number of fused-ring (bicyclic) bond motifs is 1. The van der Waals surface area contributed by atoms with E-state index in [1.165, 1.54) is 18.5 Å². The Labute approximate surface area is 186 Å². The summed E-state index contributed by atoms with van der Waals surface area (Å²) in [5.74, 6) is 0.835. The maximum Gasteiger partial charge on any atom is 0.416 e. The highest BCUT2D eigenvalue weighted by Crippen LogP contribution is 2.36. The normalized spacial score (nSPS) is 12.7. The number of ether oxygens (including phenoxy) is 1. The van der Waals surface area contributed by atoms with E-state index in [2.05, 4.69) is 15.3 Å². The summed E-state index contributed by atoms with van der Waals surface area (Å²) in [6, 6.07) is 11.3. The molecule has 1 unspecified atom stereocenters. The lowest BCUT2D eigenvalue weighted by atomic mass is 10.2. The second-order valence-electron chi connectivity index (χ2n) is 7.30. The highest BCUT2D eigenvalue weighted by Gasteiger charge is 2.30. The van der Waals surface area contributed by atoms with Crippen molar-refractivity contribution in [3.8, 4) is 11.5 Å². The maximum absolute atomic E-state index is 12.9. The fraction of sp³-hybridized carbons (Fsp3) is 0.182. The number of hydrogen-bond acceptors (Lipinski definition) is 5. The van der Waals surface area contributed by atoms with Crippen molar-refractivity contribution in [3.63, 3.8) is 0 Å². The highest BCUT2D eigenvalue weighted by atomic mass is 35.5. The van der Waals surface area contributed by atoms with Gasteiger partial charge in [-0.3, -0.25) is 0 Å². The predicted octanol–water partition coefficient (Wildman–Crippen LogP) is 5.99. The zero-order valence-electron chi connectivity index (χ0n) is 16.9. The Kier molecular flexibility index (Phi) is 5.94. The lowest BCUT2D eigenvalue weighted by Crippen LogP contribution is -2.21. The molecule has 32 heavy (non-hydrogen) atoms. The molecule has 0 aliphatic heterocycles. The van der Waals surface area contributed by atoms with Crippen molar-refractivity contribution in [2.75, 3.05) is 5.32 Å².